The van der Waals surface area contributed by atoms with Crippen LogP contribution in [0.2, 0.25) is 0 Å². The van der Waals surface area contributed by atoms with Gasteiger partial charge >= 0.3 is 0 Å². The third-order valence-electron chi connectivity index (χ3n) is 4.78. The summed E-state index contributed by atoms with van der Waals surface area (Å²) in [6.45, 7) is 7.93. The van der Waals surface area contributed by atoms with E-state index in [0.29, 0.717) is 5.41 Å². The highest BCUT2D eigenvalue weighted by atomic mass is 16.5. The van der Waals surface area contributed by atoms with Crippen molar-refractivity contribution in [2.45, 2.75) is 39.7 Å². The van der Waals surface area contributed by atoms with Crippen molar-refractivity contribution in [1.82, 2.24) is 5.32 Å². The van der Waals surface area contributed by atoms with Crippen LogP contribution in [0.25, 0.3) is 0 Å². The zero-order chi connectivity index (χ0) is 14.8. The molecule has 1 fully saturated rings. The lowest BCUT2D eigenvalue weighted by atomic mass is 9.92. The quantitative estimate of drug-likeness (QED) is 0.822. The van der Waals surface area contributed by atoms with Crippen molar-refractivity contribution < 1.29 is 9.47 Å². The smallest absolute Gasteiger partial charge is 0.127 e. The van der Waals surface area contributed by atoms with Gasteiger partial charge in [0.1, 0.15) is 11.5 Å². The maximum Gasteiger partial charge on any atom is 0.127 e. The molecule has 0 bridgehead atoms. The van der Waals surface area contributed by atoms with Gasteiger partial charge in [-0.25, -0.2) is 0 Å². The lowest BCUT2D eigenvalue weighted by Gasteiger charge is -2.24. The number of benzene rings is 1. The minimum atomic E-state index is 0.284. The standard InChI is InChI=1S/C17H27NO2/c1-12(2)17(8-9-17)11-18-13(3)15-7-6-14(19-4)10-16(15)20-5/h6-7,10,12-13,18H,8-9,11H2,1-5H3. The monoisotopic (exact) mass is 277 g/mol. The second-order valence-electron chi connectivity index (χ2n) is 6.23. The summed E-state index contributed by atoms with van der Waals surface area (Å²) >= 11 is 0. The summed E-state index contributed by atoms with van der Waals surface area (Å²) in [6.07, 6.45) is 2.70. The summed E-state index contributed by atoms with van der Waals surface area (Å²) in [6, 6.07) is 6.31. The Bertz CT molecular complexity index is 452. The van der Waals surface area contributed by atoms with Crippen LogP contribution < -0.4 is 14.8 Å². The van der Waals surface area contributed by atoms with E-state index < -0.39 is 0 Å². The Morgan fingerprint density at radius 2 is 1.85 bits per heavy atom. The summed E-state index contributed by atoms with van der Waals surface area (Å²) in [5, 5.41) is 3.67. The first kappa shape index (κ1) is 15.2. The first-order valence-corrected chi connectivity index (χ1v) is 7.48. The molecule has 1 unspecified atom stereocenters. The molecule has 1 aromatic carbocycles. The Labute approximate surface area is 122 Å². The van der Waals surface area contributed by atoms with Crippen LogP contribution in [-0.2, 0) is 0 Å². The van der Waals surface area contributed by atoms with E-state index in [1.807, 2.05) is 12.1 Å². The van der Waals surface area contributed by atoms with Crippen LogP contribution in [0.4, 0.5) is 0 Å². The molecule has 1 aliphatic carbocycles. The van der Waals surface area contributed by atoms with Crippen LogP contribution in [0.15, 0.2) is 18.2 Å². The normalized spacial score (nSPS) is 17.9. The van der Waals surface area contributed by atoms with Crippen molar-refractivity contribution in [3.05, 3.63) is 23.8 Å². The SMILES string of the molecule is COc1ccc(C(C)NCC2(C(C)C)CC2)c(OC)c1. The second-order valence-corrected chi connectivity index (χ2v) is 6.23. The molecule has 20 heavy (non-hydrogen) atoms. The van der Waals surface area contributed by atoms with Crippen molar-refractivity contribution in [1.29, 1.82) is 0 Å². The first-order chi connectivity index (χ1) is 9.52. The van der Waals surface area contributed by atoms with Crippen LogP contribution in [0.3, 0.4) is 0 Å². The topological polar surface area (TPSA) is 30.5 Å². The highest BCUT2D eigenvalue weighted by molar-refractivity contribution is 5.42. The van der Waals surface area contributed by atoms with Gasteiger partial charge in [0.25, 0.3) is 0 Å². The fraction of sp³-hybridized carbons (Fsp3) is 0.647. The zero-order valence-electron chi connectivity index (χ0n) is 13.3. The molecule has 0 heterocycles. The van der Waals surface area contributed by atoms with Crippen LogP contribution in [-0.4, -0.2) is 20.8 Å². The molecule has 0 radical (unpaired) electrons. The number of nitrogens with one attached hydrogen (secondary N) is 1. The van der Waals surface area contributed by atoms with Crippen LogP contribution in [0, 0.1) is 11.3 Å². The van der Waals surface area contributed by atoms with Gasteiger partial charge in [-0.1, -0.05) is 19.9 Å². The van der Waals surface area contributed by atoms with E-state index in [-0.39, 0.29) is 6.04 Å². The maximum atomic E-state index is 5.48. The minimum absolute atomic E-state index is 0.284. The zero-order valence-corrected chi connectivity index (χ0v) is 13.3. The van der Waals surface area contributed by atoms with Gasteiger partial charge < -0.3 is 14.8 Å². The molecule has 0 aromatic heterocycles. The fourth-order valence-electron chi connectivity index (χ4n) is 2.76. The molecule has 0 spiro atoms. The molecule has 0 aliphatic heterocycles. The predicted octanol–water partition coefficient (Wildman–Crippen LogP) is 3.79. The molecule has 112 valence electrons. The highest BCUT2D eigenvalue weighted by Crippen LogP contribution is 2.51. The van der Waals surface area contributed by atoms with E-state index in [0.717, 1.165) is 24.0 Å². The third kappa shape index (κ3) is 3.09. The van der Waals surface area contributed by atoms with Gasteiger partial charge in [-0.15, -0.1) is 0 Å². The Morgan fingerprint density at radius 1 is 1.15 bits per heavy atom. The Hall–Kier alpha value is -1.22. The average Bonchev–Trinajstić information content (AvgIpc) is 3.25. The van der Waals surface area contributed by atoms with Crippen molar-refractivity contribution in [3.63, 3.8) is 0 Å². The van der Waals surface area contributed by atoms with Crippen molar-refractivity contribution in [2.75, 3.05) is 20.8 Å². The van der Waals surface area contributed by atoms with Gasteiger partial charge in [-0.05, 0) is 37.2 Å². The molecular formula is C17H27NO2. The summed E-state index contributed by atoms with van der Waals surface area (Å²) < 4.78 is 10.7. The second kappa shape index (κ2) is 6.04. The van der Waals surface area contributed by atoms with Crippen molar-refractivity contribution in [3.8, 4) is 11.5 Å². The molecule has 3 nitrogen and oxygen atoms in total. The van der Waals surface area contributed by atoms with E-state index in [1.54, 1.807) is 14.2 Å². The molecule has 1 atom stereocenters. The molecule has 1 saturated carbocycles. The number of ether oxygens (including phenoxy) is 2. The molecule has 0 saturated heterocycles. The number of rotatable bonds is 7. The van der Waals surface area contributed by atoms with E-state index in [9.17, 15) is 0 Å². The molecule has 2 rings (SSSR count). The van der Waals surface area contributed by atoms with E-state index in [2.05, 4.69) is 32.2 Å². The van der Waals surface area contributed by atoms with E-state index >= 15 is 0 Å². The highest BCUT2D eigenvalue weighted by Gasteiger charge is 2.44. The van der Waals surface area contributed by atoms with E-state index in [4.69, 9.17) is 9.47 Å². The van der Waals surface area contributed by atoms with Crippen molar-refractivity contribution in [2.24, 2.45) is 11.3 Å². The lowest BCUT2D eigenvalue weighted by molar-refractivity contribution is 0.321. The van der Waals surface area contributed by atoms with Crippen LogP contribution >= 0.6 is 0 Å². The van der Waals surface area contributed by atoms with Crippen LogP contribution in [0.5, 0.6) is 11.5 Å². The Balaban J connectivity index is 2.03. The Morgan fingerprint density at radius 3 is 2.35 bits per heavy atom. The number of hydrogen-bond donors (Lipinski definition) is 1. The maximum absolute atomic E-state index is 5.48. The molecule has 0 amide bonds. The summed E-state index contributed by atoms with van der Waals surface area (Å²) in [5.41, 5.74) is 1.71. The van der Waals surface area contributed by atoms with E-state index in [1.165, 1.54) is 18.4 Å². The molecule has 1 N–H and O–H groups in total. The van der Waals surface area contributed by atoms with Gasteiger partial charge in [0.05, 0.1) is 14.2 Å². The average molecular weight is 277 g/mol. The van der Waals surface area contributed by atoms with Crippen LogP contribution in [0.1, 0.15) is 45.2 Å². The summed E-state index contributed by atoms with van der Waals surface area (Å²) in [4.78, 5) is 0. The summed E-state index contributed by atoms with van der Waals surface area (Å²) in [5.74, 6) is 2.47. The van der Waals surface area contributed by atoms with Gasteiger partial charge in [-0.3, -0.25) is 0 Å². The molecule has 3 heteroatoms. The summed E-state index contributed by atoms with van der Waals surface area (Å²) in [7, 11) is 3.39. The van der Waals surface area contributed by atoms with Gasteiger partial charge in [0, 0.05) is 24.2 Å². The number of hydrogen-bond acceptors (Lipinski definition) is 3. The molecule has 1 aliphatic rings. The third-order valence-corrected chi connectivity index (χ3v) is 4.78. The largest absolute Gasteiger partial charge is 0.497 e. The van der Waals surface area contributed by atoms with Crippen molar-refractivity contribution >= 4 is 0 Å². The van der Waals surface area contributed by atoms with Gasteiger partial charge in [0.15, 0.2) is 0 Å². The first-order valence-electron chi connectivity index (χ1n) is 7.48. The Kier molecular flexibility index (Phi) is 4.59. The fourth-order valence-corrected chi connectivity index (χ4v) is 2.76. The number of methoxy groups -OCH3 is 2. The van der Waals surface area contributed by atoms with Gasteiger partial charge in [0.2, 0.25) is 0 Å². The minimum Gasteiger partial charge on any atom is -0.497 e. The lowest BCUT2D eigenvalue weighted by Crippen LogP contribution is -2.29. The molecular weight excluding hydrogens is 250 g/mol. The predicted molar refractivity (Wildman–Crippen MR) is 82.5 cm³/mol. The molecule has 1 aromatic rings. The van der Waals surface area contributed by atoms with Gasteiger partial charge in [-0.2, -0.15) is 0 Å².